The Morgan fingerprint density at radius 3 is 2.40 bits per heavy atom. The van der Waals surface area contributed by atoms with Crippen molar-refractivity contribution in [2.45, 2.75) is 20.4 Å². The normalized spacial score (nSPS) is 11.0. The van der Waals surface area contributed by atoms with Crippen molar-refractivity contribution >= 4 is 16.7 Å². The number of aryl methyl sites for hydroxylation is 2. The SMILES string of the molecule is Cc1nc(CNc2nc(-c3ccccc3)nc3ccccc23)oc1C. The molecule has 5 nitrogen and oxygen atoms in total. The number of rotatable bonds is 4. The lowest BCUT2D eigenvalue weighted by Gasteiger charge is -2.10. The van der Waals surface area contributed by atoms with Gasteiger partial charge in [0.15, 0.2) is 5.82 Å². The zero-order valence-electron chi connectivity index (χ0n) is 14.2. The molecule has 5 heteroatoms. The summed E-state index contributed by atoms with van der Waals surface area (Å²) in [6, 6.07) is 17.9. The maximum atomic E-state index is 5.65. The molecular formula is C20H18N4O. The average Bonchev–Trinajstić information content (AvgIpc) is 2.98. The highest BCUT2D eigenvalue weighted by Crippen LogP contribution is 2.25. The van der Waals surface area contributed by atoms with Crippen molar-refractivity contribution < 1.29 is 4.42 Å². The number of aromatic nitrogens is 3. The standard InChI is InChI=1S/C20H18N4O/c1-13-14(2)25-18(22-13)12-21-20-16-10-6-7-11-17(16)23-19(24-20)15-8-4-3-5-9-15/h3-11H,12H2,1-2H3,(H,21,23,24). The van der Waals surface area contributed by atoms with E-state index in [1.807, 2.05) is 68.4 Å². The smallest absolute Gasteiger partial charge is 0.213 e. The zero-order valence-corrected chi connectivity index (χ0v) is 14.2. The van der Waals surface area contributed by atoms with E-state index in [1.54, 1.807) is 0 Å². The quantitative estimate of drug-likeness (QED) is 0.596. The molecule has 0 fully saturated rings. The molecular weight excluding hydrogens is 312 g/mol. The Kier molecular flexibility index (Phi) is 3.90. The molecule has 0 radical (unpaired) electrons. The van der Waals surface area contributed by atoms with Crippen molar-refractivity contribution in [3.63, 3.8) is 0 Å². The molecule has 0 aliphatic heterocycles. The van der Waals surface area contributed by atoms with Crippen LogP contribution in [0.3, 0.4) is 0 Å². The number of oxazole rings is 1. The van der Waals surface area contributed by atoms with Gasteiger partial charge in [-0.15, -0.1) is 0 Å². The maximum absolute atomic E-state index is 5.65. The van der Waals surface area contributed by atoms with Gasteiger partial charge in [0.05, 0.1) is 17.8 Å². The number of fused-ring (bicyclic) bond motifs is 1. The fourth-order valence-corrected chi connectivity index (χ4v) is 2.70. The average molecular weight is 330 g/mol. The van der Waals surface area contributed by atoms with Crippen LogP contribution >= 0.6 is 0 Å². The number of hydrogen-bond donors (Lipinski definition) is 1. The molecule has 0 atom stereocenters. The van der Waals surface area contributed by atoms with Crippen LogP contribution in [0.4, 0.5) is 5.82 Å². The fourth-order valence-electron chi connectivity index (χ4n) is 2.70. The van der Waals surface area contributed by atoms with Gasteiger partial charge in [-0.25, -0.2) is 15.0 Å². The maximum Gasteiger partial charge on any atom is 0.213 e. The van der Waals surface area contributed by atoms with Crippen molar-refractivity contribution in [3.05, 3.63) is 71.9 Å². The molecule has 25 heavy (non-hydrogen) atoms. The highest BCUT2D eigenvalue weighted by Gasteiger charge is 2.11. The lowest BCUT2D eigenvalue weighted by molar-refractivity contribution is 0.478. The first-order chi connectivity index (χ1) is 12.2. The third-order valence-corrected chi connectivity index (χ3v) is 4.12. The third-order valence-electron chi connectivity index (χ3n) is 4.12. The molecule has 0 spiro atoms. The second-order valence-electron chi connectivity index (χ2n) is 5.88. The van der Waals surface area contributed by atoms with Crippen LogP contribution in [0.1, 0.15) is 17.3 Å². The van der Waals surface area contributed by atoms with E-state index in [0.29, 0.717) is 18.3 Å². The fraction of sp³-hybridized carbons (Fsp3) is 0.150. The van der Waals surface area contributed by atoms with Crippen LogP contribution in [0.5, 0.6) is 0 Å². The molecule has 4 rings (SSSR count). The van der Waals surface area contributed by atoms with Crippen molar-refractivity contribution in [3.8, 4) is 11.4 Å². The summed E-state index contributed by atoms with van der Waals surface area (Å²) in [5.41, 5.74) is 2.80. The van der Waals surface area contributed by atoms with E-state index < -0.39 is 0 Å². The molecule has 0 saturated heterocycles. The summed E-state index contributed by atoms with van der Waals surface area (Å²) < 4.78 is 5.65. The topological polar surface area (TPSA) is 63.8 Å². The second kappa shape index (κ2) is 6.36. The van der Waals surface area contributed by atoms with Crippen LogP contribution in [0.2, 0.25) is 0 Å². The number of para-hydroxylation sites is 1. The number of benzene rings is 2. The van der Waals surface area contributed by atoms with E-state index in [0.717, 1.165) is 33.7 Å². The minimum Gasteiger partial charge on any atom is -0.444 e. The monoisotopic (exact) mass is 330 g/mol. The largest absolute Gasteiger partial charge is 0.444 e. The van der Waals surface area contributed by atoms with Crippen LogP contribution < -0.4 is 5.32 Å². The Morgan fingerprint density at radius 2 is 1.64 bits per heavy atom. The van der Waals surface area contributed by atoms with Gasteiger partial charge in [0.1, 0.15) is 11.6 Å². The number of nitrogens with zero attached hydrogens (tertiary/aromatic N) is 3. The van der Waals surface area contributed by atoms with E-state index in [4.69, 9.17) is 9.40 Å². The summed E-state index contributed by atoms with van der Waals surface area (Å²) in [5, 5.41) is 4.32. The first-order valence-electron chi connectivity index (χ1n) is 8.20. The van der Waals surface area contributed by atoms with E-state index in [1.165, 1.54) is 0 Å². The molecule has 1 N–H and O–H groups in total. The van der Waals surface area contributed by atoms with Crippen molar-refractivity contribution in [2.24, 2.45) is 0 Å². The molecule has 0 unspecified atom stereocenters. The summed E-state index contributed by atoms with van der Waals surface area (Å²) in [5.74, 6) is 2.97. The van der Waals surface area contributed by atoms with Gasteiger partial charge in [0, 0.05) is 10.9 Å². The van der Waals surface area contributed by atoms with Gasteiger partial charge in [0.2, 0.25) is 5.89 Å². The molecule has 4 aromatic rings. The Bertz CT molecular complexity index is 1000. The second-order valence-corrected chi connectivity index (χ2v) is 5.88. The zero-order chi connectivity index (χ0) is 17.2. The molecule has 2 heterocycles. The molecule has 0 aliphatic carbocycles. The third kappa shape index (κ3) is 3.08. The predicted molar refractivity (Wildman–Crippen MR) is 98.3 cm³/mol. The van der Waals surface area contributed by atoms with E-state index >= 15 is 0 Å². The number of nitrogens with one attached hydrogen (secondary N) is 1. The van der Waals surface area contributed by atoms with Crippen molar-refractivity contribution in [2.75, 3.05) is 5.32 Å². The summed E-state index contributed by atoms with van der Waals surface area (Å²) in [6.45, 7) is 4.33. The van der Waals surface area contributed by atoms with Crippen LogP contribution in [0, 0.1) is 13.8 Å². The van der Waals surface area contributed by atoms with Crippen LogP contribution in [-0.2, 0) is 6.54 Å². The lowest BCUT2D eigenvalue weighted by Crippen LogP contribution is -2.04. The summed E-state index contributed by atoms with van der Waals surface area (Å²) >= 11 is 0. The van der Waals surface area contributed by atoms with Crippen molar-refractivity contribution in [1.29, 1.82) is 0 Å². The number of hydrogen-bond acceptors (Lipinski definition) is 5. The van der Waals surface area contributed by atoms with E-state index in [9.17, 15) is 0 Å². The molecule has 0 aliphatic rings. The molecule has 2 aromatic heterocycles. The van der Waals surface area contributed by atoms with Crippen molar-refractivity contribution in [1.82, 2.24) is 15.0 Å². The van der Waals surface area contributed by atoms with Gasteiger partial charge in [-0.05, 0) is 26.0 Å². The first-order valence-corrected chi connectivity index (χ1v) is 8.20. The van der Waals surface area contributed by atoms with Crippen LogP contribution in [0.25, 0.3) is 22.3 Å². The molecule has 2 aromatic carbocycles. The Morgan fingerprint density at radius 1 is 0.880 bits per heavy atom. The Balaban J connectivity index is 1.73. The molecule has 0 bridgehead atoms. The van der Waals surface area contributed by atoms with Crippen LogP contribution in [0.15, 0.2) is 59.0 Å². The van der Waals surface area contributed by atoms with Gasteiger partial charge in [0.25, 0.3) is 0 Å². The Hall–Kier alpha value is -3.21. The summed E-state index contributed by atoms with van der Waals surface area (Å²) in [7, 11) is 0. The predicted octanol–water partition coefficient (Wildman–Crippen LogP) is 4.51. The first kappa shape index (κ1) is 15.3. The van der Waals surface area contributed by atoms with Gasteiger partial charge >= 0.3 is 0 Å². The van der Waals surface area contributed by atoms with E-state index in [-0.39, 0.29) is 0 Å². The van der Waals surface area contributed by atoms with E-state index in [2.05, 4.69) is 15.3 Å². The highest BCUT2D eigenvalue weighted by molar-refractivity contribution is 5.90. The highest BCUT2D eigenvalue weighted by atomic mass is 16.4. The van der Waals surface area contributed by atoms with Gasteiger partial charge < -0.3 is 9.73 Å². The molecule has 0 amide bonds. The minimum absolute atomic E-state index is 0.476. The van der Waals surface area contributed by atoms with Crippen LogP contribution in [-0.4, -0.2) is 15.0 Å². The molecule has 124 valence electrons. The van der Waals surface area contributed by atoms with Gasteiger partial charge in [-0.1, -0.05) is 42.5 Å². The minimum atomic E-state index is 0.476. The summed E-state index contributed by atoms with van der Waals surface area (Å²) in [6.07, 6.45) is 0. The van der Waals surface area contributed by atoms with Gasteiger partial charge in [-0.2, -0.15) is 0 Å². The summed E-state index contributed by atoms with van der Waals surface area (Å²) in [4.78, 5) is 13.8. The van der Waals surface area contributed by atoms with Gasteiger partial charge in [-0.3, -0.25) is 0 Å². The lowest BCUT2D eigenvalue weighted by atomic mass is 10.2. The Labute approximate surface area is 145 Å². The number of anilines is 1. The molecule has 0 saturated carbocycles.